The van der Waals surface area contributed by atoms with Crippen molar-refractivity contribution in [3.63, 3.8) is 0 Å². The summed E-state index contributed by atoms with van der Waals surface area (Å²) in [6.45, 7) is 4.43. The molecule has 2 rings (SSSR count). The summed E-state index contributed by atoms with van der Waals surface area (Å²) in [5, 5.41) is 4.64. The molecule has 2 aliphatic rings. The van der Waals surface area contributed by atoms with E-state index in [0.29, 0.717) is 6.10 Å². The van der Waals surface area contributed by atoms with Crippen molar-refractivity contribution in [2.75, 3.05) is 18.9 Å². The fourth-order valence-electron chi connectivity index (χ4n) is 3.07. The van der Waals surface area contributed by atoms with E-state index in [1.807, 2.05) is 0 Å². The molecular weight excluding hydrogens is 242 g/mol. The first-order valence-corrected chi connectivity index (χ1v) is 8.91. The van der Waals surface area contributed by atoms with Crippen LogP contribution in [0.5, 0.6) is 0 Å². The average molecular weight is 271 g/mol. The van der Waals surface area contributed by atoms with Crippen molar-refractivity contribution in [2.45, 2.75) is 75.7 Å². The van der Waals surface area contributed by atoms with Crippen LogP contribution in [0.1, 0.15) is 58.3 Å². The minimum Gasteiger partial charge on any atom is -0.378 e. The van der Waals surface area contributed by atoms with Crippen LogP contribution in [0.4, 0.5) is 0 Å². The molecule has 2 saturated heterocycles. The van der Waals surface area contributed by atoms with E-state index in [1.54, 1.807) is 0 Å². The molecule has 0 spiro atoms. The third-order valence-electron chi connectivity index (χ3n) is 4.14. The number of ether oxygens (including phenoxy) is 1. The minimum atomic E-state index is 0.560. The van der Waals surface area contributed by atoms with Gasteiger partial charge < -0.3 is 10.1 Å². The monoisotopic (exact) mass is 271 g/mol. The van der Waals surface area contributed by atoms with Crippen molar-refractivity contribution in [1.82, 2.24) is 5.32 Å². The predicted octanol–water partition coefficient (Wildman–Crippen LogP) is 3.60. The van der Waals surface area contributed by atoms with Gasteiger partial charge in [-0.3, -0.25) is 0 Å². The Morgan fingerprint density at radius 3 is 2.89 bits per heavy atom. The molecule has 3 atom stereocenters. The smallest absolute Gasteiger partial charge is 0.0576 e. The molecule has 0 saturated carbocycles. The third-order valence-corrected chi connectivity index (χ3v) is 5.66. The van der Waals surface area contributed by atoms with E-state index in [1.165, 1.54) is 63.7 Å². The second-order valence-electron chi connectivity index (χ2n) is 5.68. The standard InChI is InChI=1S/C15H29NOS/c1-2-10-16-14(15-7-3-4-12-18-15)9-8-13-6-5-11-17-13/h13-16H,2-12H2,1H3. The van der Waals surface area contributed by atoms with Gasteiger partial charge in [-0.05, 0) is 57.2 Å². The van der Waals surface area contributed by atoms with Crippen LogP contribution in [-0.4, -0.2) is 36.3 Å². The third kappa shape index (κ3) is 4.75. The van der Waals surface area contributed by atoms with Gasteiger partial charge in [-0.25, -0.2) is 0 Å². The van der Waals surface area contributed by atoms with Crippen LogP contribution >= 0.6 is 11.8 Å². The summed E-state index contributed by atoms with van der Waals surface area (Å²) in [7, 11) is 0. The molecular formula is C15H29NOS. The SMILES string of the molecule is CCCNC(CCC1CCCO1)C1CCCCS1. The lowest BCUT2D eigenvalue weighted by atomic mass is 9.99. The lowest BCUT2D eigenvalue weighted by Gasteiger charge is -2.31. The van der Waals surface area contributed by atoms with Gasteiger partial charge >= 0.3 is 0 Å². The number of nitrogens with one attached hydrogen (secondary N) is 1. The van der Waals surface area contributed by atoms with E-state index >= 15 is 0 Å². The number of hydrogen-bond donors (Lipinski definition) is 1. The summed E-state index contributed by atoms with van der Waals surface area (Å²) in [5.74, 6) is 1.37. The normalized spacial score (nSPS) is 30.5. The molecule has 0 aromatic rings. The first kappa shape index (κ1) is 14.7. The molecule has 1 N–H and O–H groups in total. The van der Waals surface area contributed by atoms with Gasteiger partial charge in [0.1, 0.15) is 0 Å². The van der Waals surface area contributed by atoms with Crippen LogP contribution in [0.2, 0.25) is 0 Å². The second kappa shape index (κ2) is 8.44. The Kier molecular flexibility index (Phi) is 6.88. The van der Waals surface area contributed by atoms with Gasteiger partial charge in [-0.2, -0.15) is 11.8 Å². The molecule has 0 radical (unpaired) electrons. The van der Waals surface area contributed by atoms with Crippen LogP contribution in [0.25, 0.3) is 0 Å². The van der Waals surface area contributed by atoms with E-state index in [9.17, 15) is 0 Å². The zero-order valence-corrected chi connectivity index (χ0v) is 12.6. The topological polar surface area (TPSA) is 21.3 Å². The van der Waals surface area contributed by atoms with Crippen LogP contribution < -0.4 is 5.32 Å². The van der Waals surface area contributed by atoms with Crippen molar-refractivity contribution < 1.29 is 4.74 Å². The van der Waals surface area contributed by atoms with Gasteiger partial charge in [0.2, 0.25) is 0 Å². The highest BCUT2D eigenvalue weighted by Gasteiger charge is 2.25. The van der Waals surface area contributed by atoms with Crippen molar-refractivity contribution in [2.24, 2.45) is 0 Å². The lowest BCUT2D eigenvalue weighted by Crippen LogP contribution is -2.40. The highest BCUT2D eigenvalue weighted by Crippen LogP contribution is 2.30. The van der Waals surface area contributed by atoms with E-state index in [0.717, 1.165) is 17.9 Å². The summed E-state index contributed by atoms with van der Waals surface area (Å²) in [6.07, 6.45) is 11.2. The molecule has 0 aliphatic carbocycles. The Balaban J connectivity index is 1.75. The summed E-state index contributed by atoms with van der Waals surface area (Å²) >= 11 is 2.20. The maximum Gasteiger partial charge on any atom is 0.0576 e. The molecule has 2 nitrogen and oxygen atoms in total. The van der Waals surface area contributed by atoms with Crippen LogP contribution in [-0.2, 0) is 4.74 Å². The van der Waals surface area contributed by atoms with Crippen molar-refractivity contribution in [3.8, 4) is 0 Å². The van der Waals surface area contributed by atoms with Gasteiger partial charge in [0.25, 0.3) is 0 Å². The molecule has 18 heavy (non-hydrogen) atoms. The number of hydrogen-bond acceptors (Lipinski definition) is 3. The van der Waals surface area contributed by atoms with Crippen molar-refractivity contribution >= 4 is 11.8 Å². The Labute approximate surface area is 117 Å². The predicted molar refractivity (Wildman–Crippen MR) is 80.4 cm³/mol. The lowest BCUT2D eigenvalue weighted by molar-refractivity contribution is 0.0993. The molecule has 2 aliphatic heterocycles. The number of rotatable bonds is 7. The van der Waals surface area contributed by atoms with E-state index in [4.69, 9.17) is 4.74 Å². The van der Waals surface area contributed by atoms with E-state index < -0.39 is 0 Å². The summed E-state index contributed by atoms with van der Waals surface area (Å²) < 4.78 is 5.76. The van der Waals surface area contributed by atoms with Crippen LogP contribution in [0.3, 0.4) is 0 Å². The molecule has 106 valence electrons. The molecule has 2 fully saturated rings. The highest BCUT2D eigenvalue weighted by molar-refractivity contribution is 8.00. The molecule has 0 bridgehead atoms. The molecule has 3 unspecified atom stereocenters. The fourth-order valence-corrected chi connectivity index (χ4v) is 4.54. The minimum absolute atomic E-state index is 0.560. The first-order chi connectivity index (χ1) is 8.90. The van der Waals surface area contributed by atoms with Crippen molar-refractivity contribution in [3.05, 3.63) is 0 Å². The molecule has 0 aromatic carbocycles. The fraction of sp³-hybridized carbons (Fsp3) is 1.00. The molecule has 3 heteroatoms. The second-order valence-corrected chi connectivity index (χ2v) is 7.03. The van der Waals surface area contributed by atoms with E-state index in [2.05, 4.69) is 24.0 Å². The molecule has 2 heterocycles. The van der Waals surface area contributed by atoms with E-state index in [-0.39, 0.29) is 0 Å². The van der Waals surface area contributed by atoms with Gasteiger partial charge in [0, 0.05) is 17.9 Å². The first-order valence-electron chi connectivity index (χ1n) is 7.86. The Morgan fingerprint density at radius 2 is 2.22 bits per heavy atom. The Morgan fingerprint density at radius 1 is 1.28 bits per heavy atom. The summed E-state index contributed by atoms with van der Waals surface area (Å²) in [5.41, 5.74) is 0. The quantitative estimate of drug-likeness (QED) is 0.764. The van der Waals surface area contributed by atoms with Gasteiger partial charge in [-0.15, -0.1) is 0 Å². The van der Waals surface area contributed by atoms with Crippen LogP contribution in [0, 0.1) is 0 Å². The van der Waals surface area contributed by atoms with Crippen LogP contribution in [0.15, 0.2) is 0 Å². The Bertz CT molecular complexity index is 213. The van der Waals surface area contributed by atoms with Crippen molar-refractivity contribution in [1.29, 1.82) is 0 Å². The average Bonchev–Trinajstić information content (AvgIpc) is 2.93. The summed E-state index contributed by atoms with van der Waals surface area (Å²) in [6, 6.07) is 0.722. The highest BCUT2D eigenvalue weighted by atomic mass is 32.2. The Hall–Kier alpha value is 0.270. The zero-order chi connectivity index (χ0) is 12.6. The number of thioether (sulfide) groups is 1. The maximum atomic E-state index is 5.76. The zero-order valence-electron chi connectivity index (χ0n) is 11.8. The van der Waals surface area contributed by atoms with Gasteiger partial charge in [0.05, 0.1) is 6.10 Å². The molecule has 0 aromatic heterocycles. The summed E-state index contributed by atoms with van der Waals surface area (Å²) in [4.78, 5) is 0. The maximum absolute atomic E-state index is 5.76. The van der Waals surface area contributed by atoms with Gasteiger partial charge in [-0.1, -0.05) is 13.3 Å². The molecule has 0 amide bonds. The van der Waals surface area contributed by atoms with Gasteiger partial charge in [0.15, 0.2) is 0 Å². The largest absolute Gasteiger partial charge is 0.378 e.